The van der Waals surface area contributed by atoms with Crippen LogP contribution in [-0.4, -0.2) is 37.6 Å². The molecular weight excluding hydrogens is 433 g/mol. The first-order chi connectivity index (χ1) is 10.9. The van der Waals surface area contributed by atoms with Gasteiger partial charge in [0.2, 0.25) is 0 Å². The van der Waals surface area contributed by atoms with Crippen molar-refractivity contribution in [3.05, 3.63) is 11.1 Å². The molecular formula is C17H32IN5S. The normalized spacial score (nSPS) is 18.0. The van der Waals surface area contributed by atoms with E-state index < -0.39 is 0 Å². The highest BCUT2D eigenvalue weighted by atomic mass is 127. The highest BCUT2D eigenvalue weighted by molar-refractivity contribution is 14.0. The van der Waals surface area contributed by atoms with Crippen LogP contribution in [0.5, 0.6) is 0 Å². The lowest BCUT2D eigenvalue weighted by Gasteiger charge is -2.35. The van der Waals surface area contributed by atoms with Gasteiger partial charge in [0, 0.05) is 32.1 Å². The van der Waals surface area contributed by atoms with Crippen molar-refractivity contribution in [2.24, 2.45) is 10.4 Å². The van der Waals surface area contributed by atoms with Crippen molar-refractivity contribution >= 4 is 46.4 Å². The number of nitrogens with one attached hydrogen (secondary N) is 2. The number of aromatic nitrogens is 1. The predicted molar refractivity (Wildman–Crippen MR) is 116 cm³/mol. The first kappa shape index (κ1) is 21.5. The number of nitrogens with zero attached hydrogens (tertiary/aromatic N) is 3. The Morgan fingerprint density at radius 1 is 1.38 bits per heavy atom. The zero-order valence-electron chi connectivity index (χ0n) is 15.6. The molecule has 1 aromatic rings. The lowest BCUT2D eigenvalue weighted by atomic mass is 9.75. The van der Waals surface area contributed by atoms with E-state index >= 15 is 0 Å². The summed E-state index contributed by atoms with van der Waals surface area (Å²) in [5.41, 5.74) is 1.53. The van der Waals surface area contributed by atoms with E-state index in [0.717, 1.165) is 23.3 Å². The van der Waals surface area contributed by atoms with Gasteiger partial charge in [-0.25, -0.2) is 9.98 Å². The number of guanidine groups is 1. The van der Waals surface area contributed by atoms with Crippen LogP contribution in [0.4, 0.5) is 5.13 Å². The monoisotopic (exact) mass is 465 g/mol. The van der Waals surface area contributed by atoms with Crippen LogP contribution >= 0.6 is 35.3 Å². The van der Waals surface area contributed by atoms with E-state index in [-0.39, 0.29) is 24.0 Å². The summed E-state index contributed by atoms with van der Waals surface area (Å²) >= 11 is 1.66. The molecule has 1 heterocycles. The maximum Gasteiger partial charge on any atom is 0.191 e. The molecule has 1 aliphatic rings. The minimum atomic E-state index is 0. The third-order valence-corrected chi connectivity index (χ3v) is 5.40. The molecule has 1 aromatic heterocycles. The molecule has 7 heteroatoms. The summed E-state index contributed by atoms with van der Waals surface area (Å²) in [7, 11) is 4.03. The molecule has 24 heavy (non-hydrogen) atoms. The molecule has 0 amide bonds. The second-order valence-electron chi connectivity index (χ2n) is 7.29. The lowest BCUT2D eigenvalue weighted by molar-refractivity contribution is 0.216. The van der Waals surface area contributed by atoms with E-state index in [9.17, 15) is 0 Å². The Bertz CT molecular complexity index is 517. The van der Waals surface area contributed by atoms with Crippen molar-refractivity contribution in [1.82, 2.24) is 15.6 Å². The van der Waals surface area contributed by atoms with Gasteiger partial charge in [0.05, 0.1) is 12.2 Å². The topological polar surface area (TPSA) is 52.6 Å². The Morgan fingerprint density at radius 2 is 2.04 bits per heavy atom. The summed E-state index contributed by atoms with van der Waals surface area (Å²) in [6, 6.07) is 0.536. The van der Waals surface area contributed by atoms with Gasteiger partial charge in [0.25, 0.3) is 0 Å². The summed E-state index contributed by atoms with van der Waals surface area (Å²) in [5, 5.41) is 10.1. The fourth-order valence-electron chi connectivity index (χ4n) is 2.79. The molecule has 1 saturated carbocycles. The van der Waals surface area contributed by atoms with Crippen LogP contribution in [0.25, 0.3) is 0 Å². The molecule has 0 spiro atoms. The fraction of sp³-hybridized carbons (Fsp3) is 0.765. The quantitative estimate of drug-likeness (QED) is 0.394. The Balaban J connectivity index is 0.00000288. The average Bonchev–Trinajstić information content (AvgIpc) is 2.96. The third kappa shape index (κ3) is 6.74. The fourth-order valence-corrected chi connectivity index (χ4v) is 3.54. The maximum absolute atomic E-state index is 4.71. The lowest BCUT2D eigenvalue weighted by Crippen LogP contribution is -2.45. The Morgan fingerprint density at radius 3 is 2.58 bits per heavy atom. The Labute approximate surface area is 167 Å². The maximum atomic E-state index is 4.71. The largest absolute Gasteiger partial charge is 0.357 e. The molecule has 0 atom stereocenters. The zero-order valence-corrected chi connectivity index (χ0v) is 18.7. The molecule has 0 radical (unpaired) electrons. The SMILES string of the molecule is CCNC(=NCc1csc(N(C)C)n1)NC1CCC(C)(C)CC1.I. The van der Waals surface area contributed by atoms with Crippen molar-refractivity contribution < 1.29 is 0 Å². The molecule has 1 aliphatic carbocycles. The van der Waals surface area contributed by atoms with Crippen LogP contribution in [0.15, 0.2) is 10.4 Å². The molecule has 0 aromatic carbocycles. The van der Waals surface area contributed by atoms with Gasteiger partial charge in [-0.05, 0) is 38.0 Å². The summed E-state index contributed by atoms with van der Waals surface area (Å²) in [5.74, 6) is 0.914. The molecule has 0 saturated heterocycles. The minimum absolute atomic E-state index is 0. The standard InChI is InChI=1S/C17H31N5S.HI/c1-6-18-15(20-13-7-9-17(2,3)10-8-13)19-11-14-12-23-16(21-14)22(4)5;/h12-13H,6-11H2,1-5H3,(H2,18,19,20);1H. The number of hydrogen-bond donors (Lipinski definition) is 2. The van der Waals surface area contributed by atoms with Gasteiger partial charge < -0.3 is 15.5 Å². The van der Waals surface area contributed by atoms with Gasteiger partial charge in [0.1, 0.15) is 0 Å². The molecule has 5 nitrogen and oxygen atoms in total. The van der Waals surface area contributed by atoms with E-state index in [0.29, 0.717) is 18.0 Å². The minimum Gasteiger partial charge on any atom is -0.357 e. The smallest absolute Gasteiger partial charge is 0.191 e. The molecule has 2 N–H and O–H groups in total. The number of hydrogen-bond acceptors (Lipinski definition) is 4. The van der Waals surface area contributed by atoms with E-state index in [1.807, 2.05) is 19.0 Å². The zero-order chi connectivity index (χ0) is 16.9. The van der Waals surface area contributed by atoms with Gasteiger partial charge in [-0.1, -0.05) is 13.8 Å². The first-order valence-electron chi connectivity index (χ1n) is 8.56. The molecule has 138 valence electrons. The van der Waals surface area contributed by atoms with Crippen molar-refractivity contribution in [2.75, 3.05) is 25.5 Å². The van der Waals surface area contributed by atoms with Gasteiger partial charge in [0.15, 0.2) is 11.1 Å². The number of aliphatic imine (C=N–C) groups is 1. The molecule has 0 unspecified atom stereocenters. The van der Waals surface area contributed by atoms with Crippen LogP contribution in [0, 0.1) is 5.41 Å². The van der Waals surface area contributed by atoms with Crippen LogP contribution in [-0.2, 0) is 6.54 Å². The summed E-state index contributed by atoms with van der Waals surface area (Å²) < 4.78 is 0. The van der Waals surface area contributed by atoms with E-state index in [1.165, 1.54) is 25.7 Å². The average molecular weight is 465 g/mol. The second kappa shape index (κ2) is 9.79. The van der Waals surface area contributed by atoms with Gasteiger partial charge >= 0.3 is 0 Å². The summed E-state index contributed by atoms with van der Waals surface area (Å²) in [6.07, 6.45) is 5.00. The van der Waals surface area contributed by atoms with E-state index in [2.05, 4.69) is 41.8 Å². The molecule has 0 aliphatic heterocycles. The van der Waals surface area contributed by atoms with Crippen molar-refractivity contribution in [1.29, 1.82) is 0 Å². The van der Waals surface area contributed by atoms with E-state index in [4.69, 9.17) is 4.99 Å². The molecule has 0 bridgehead atoms. The summed E-state index contributed by atoms with van der Waals surface area (Å²) in [4.78, 5) is 11.3. The third-order valence-electron chi connectivity index (χ3n) is 4.35. The van der Waals surface area contributed by atoms with Crippen molar-refractivity contribution in [2.45, 2.75) is 59.0 Å². The first-order valence-corrected chi connectivity index (χ1v) is 9.44. The van der Waals surface area contributed by atoms with Crippen LogP contribution in [0.3, 0.4) is 0 Å². The van der Waals surface area contributed by atoms with Gasteiger partial charge in [-0.3, -0.25) is 0 Å². The summed E-state index contributed by atoms with van der Waals surface area (Å²) in [6.45, 7) is 8.34. The number of halogens is 1. The predicted octanol–water partition coefficient (Wildman–Crippen LogP) is 3.85. The van der Waals surface area contributed by atoms with Gasteiger partial charge in [-0.15, -0.1) is 35.3 Å². The van der Waals surface area contributed by atoms with Crippen LogP contribution in [0.1, 0.15) is 52.1 Å². The number of anilines is 1. The van der Waals surface area contributed by atoms with Crippen molar-refractivity contribution in [3.63, 3.8) is 0 Å². The van der Waals surface area contributed by atoms with Crippen LogP contribution < -0.4 is 15.5 Å². The van der Waals surface area contributed by atoms with Crippen LogP contribution in [0.2, 0.25) is 0 Å². The second-order valence-corrected chi connectivity index (χ2v) is 8.13. The molecule has 1 fully saturated rings. The molecule has 2 rings (SSSR count). The highest BCUT2D eigenvalue weighted by Crippen LogP contribution is 2.34. The highest BCUT2D eigenvalue weighted by Gasteiger charge is 2.27. The van der Waals surface area contributed by atoms with Crippen molar-refractivity contribution in [3.8, 4) is 0 Å². The van der Waals surface area contributed by atoms with E-state index in [1.54, 1.807) is 11.3 Å². The Hall–Kier alpha value is -0.570. The number of thiazole rings is 1. The van der Waals surface area contributed by atoms with Gasteiger partial charge in [-0.2, -0.15) is 0 Å². The Kier molecular flexibility index (Phi) is 8.76. The number of rotatable bonds is 5.